The minimum Gasteiger partial charge on any atom is -0.481 e. The number of nitrogens with one attached hydrogen (secondary N) is 1. The van der Waals surface area contributed by atoms with Crippen LogP contribution in [0.15, 0.2) is 18.2 Å². The third-order valence-corrected chi connectivity index (χ3v) is 3.60. The quantitative estimate of drug-likeness (QED) is 0.860. The largest absolute Gasteiger partial charge is 0.481 e. The van der Waals surface area contributed by atoms with Crippen LogP contribution >= 0.6 is 11.8 Å². The molecule has 1 aromatic rings. The zero-order chi connectivity index (χ0) is 13.7. The Bertz CT molecular complexity index is 460. The molecule has 18 heavy (non-hydrogen) atoms. The number of carboxylic acid groups (broad SMARTS) is 1. The van der Waals surface area contributed by atoms with Crippen LogP contribution in [0.5, 0.6) is 0 Å². The van der Waals surface area contributed by atoms with Gasteiger partial charge in [-0.15, -0.1) is 11.8 Å². The third kappa shape index (κ3) is 4.41. The van der Waals surface area contributed by atoms with Gasteiger partial charge in [0.2, 0.25) is 5.91 Å². The Morgan fingerprint density at radius 2 is 2.06 bits per heavy atom. The van der Waals surface area contributed by atoms with Gasteiger partial charge in [0.1, 0.15) is 0 Å². The first kappa shape index (κ1) is 14.6. The Hall–Kier alpha value is -1.49. The molecule has 0 aliphatic carbocycles. The van der Waals surface area contributed by atoms with Crippen molar-refractivity contribution in [1.82, 2.24) is 0 Å². The van der Waals surface area contributed by atoms with Crippen LogP contribution in [0.2, 0.25) is 0 Å². The Morgan fingerprint density at radius 3 is 2.67 bits per heavy atom. The van der Waals surface area contributed by atoms with E-state index < -0.39 is 5.97 Å². The van der Waals surface area contributed by atoms with Crippen LogP contribution < -0.4 is 5.32 Å². The molecule has 0 bridgehead atoms. The fourth-order valence-electron chi connectivity index (χ4n) is 1.38. The Morgan fingerprint density at radius 1 is 1.39 bits per heavy atom. The number of carboxylic acids is 1. The molecule has 4 nitrogen and oxygen atoms in total. The fraction of sp³-hybridized carbons (Fsp3) is 0.385. The average Bonchev–Trinajstić information content (AvgIpc) is 2.30. The summed E-state index contributed by atoms with van der Waals surface area (Å²) in [4.78, 5) is 22.3. The Balaban J connectivity index is 2.63. The van der Waals surface area contributed by atoms with Gasteiger partial charge in [0.15, 0.2) is 0 Å². The number of aliphatic carboxylic acids is 1. The van der Waals surface area contributed by atoms with Crippen molar-refractivity contribution in [2.24, 2.45) is 0 Å². The van der Waals surface area contributed by atoms with Gasteiger partial charge in [-0.25, -0.2) is 0 Å². The zero-order valence-corrected chi connectivity index (χ0v) is 11.5. The third-order valence-electron chi connectivity index (χ3n) is 2.48. The van der Waals surface area contributed by atoms with Crippen LogP contribution in [0.1, 0.15) is 18.1 Å². The lowest BCUT2D eigenvalue weighted by molar-refractivity contribution is -0.133. The standard InChI is InChI=1S/C13H17NO3S/c1-8-4-5-9(2)11(6-8)14-13(17)10(3)18-7-12(15)16/h4-6,10H,7H2,1-3H3,(H,14,17)(H,15,16). The molecule has 0 spiro atoms. The molecule has 2 N–H and O–H groups in total. The normalized spacial score (nSPS) is 11.9. The van der Waals surface area contributed by atoms with Gasteiger partial charge in [0, 0.05) is 5.69 Å². The lowest BCUT2D eigenvalue weighted by Crippen LogP contribution is -2.24. The van der Waals surface area contributed by atoms with E-state index in [9.17, 15) is 9.59 Å². The first-order chi connectivity index (χ1) is 8.40. The van der Waals surface area contributed by atoms with E-state index in [2.05, 4.69) is 5.32 Å². The molecule has 0 aliphatic rings. The summed E-state index contributed by atoms with van der Waals surface area (Å²) in [5.74, 6) is -1.15. The summed E-state index contributed by atoms with van der Waals surface area (Å²) in [6.45, 7) is 5.58. The summed E-state index contributed by atoms with van der Waals surface area (Å²) in [6.07, 6.45) is 0. The number of anilines is 1. The van der Waals surface area contributed by atoms with Crippen molar-refractivity contribution < 1.29 is 14.7 Å². The SMILES string of the molecule is Cc1ccc(C)c(NC(=O)C(C)SCC(=O)O)c1. The van der Waals surface area contributed by atoms with Crippen LogP contribution in [-0.2, 0) is 9.59 Å². The van der Waals surface area contributed by atoms with E-state index in [-0.39, 0.29) is 16.9 Å². The molecule has 0 fully saturated rings. The van der Waals surface area contributed by atoms with Gasteiger partial charge in [-0.05, 0) is 38.0 Å². The molecule has 0 radical (unpaired) electrons. The summed E-state index contributed by atoms with van der Waals surface area (Å²) in [5, 5.41) is 11.0. The van der Waals surface area contributed by atoms with Crippen molar-refractivity contribution in [2.75, 3.05) is 11.1 Å². The summed E-state index contributed by atoms with van der Waals surface area (Å²) in [7, 11) is 0. The first-order valence-electron chi connectivity index (χ1n) is 5.61. The summed E-state index contributed by atoms with van der Waals surface area (Å²) < 4.78 is 0. The molecule has 0 aromatic heterocycles. The number of benzene rings is 1. The molecule has 98 valence electrons. The van der Waals surface area contributed by atoms with Gasteiger partial charge in [-0.3, -0.25) is 9.59 Å². The second-order valence-electron chi connectivity index (χ2n) is 4.15. The van der Waals surface area contributed by atoms with Crippen LogP contribution in [0.3, 0.4) is 0 Å². The van der Waals surface area contributed by atoms with E-state index in [1.165, 1.54) is 0 Å². The molecule has 1 unspecified atom stereocenters. The van der Waals surface area contributed by atoms with Gasteiger partial charge >= 0.3 is 5.97 Å². The molecule has 1 aromatic carbocycles. The Labute approximate surface area is 111 Å². The highest BCUT2D eigenvalue weighted by molar-refractivity contribution is 8.01. The molecule has 0 saturated carbocycles. The van der Waals surface area contributed by atoms with Crippen LogP contribution in [0.4, 0.5) is 5.69 Å². The highest BCUT2D eigenvalue weighted by atomic mass is 32.2. The highest BCUT2D eigenvalue weighted by Crippen LogP contribution is 2.18. The predicted molar refractivity (Wildman–Crippen MR) is 74.1 cm³/mol. The maximum absolute atomic E-state index is 11.9. The lowest BCUT2D eigenvalue weighted by Gasteiger charge is -2.13. The van der Waals surface area contributed by atoms with Gasteiger partial charge in [-0.2, -0.15) is 0 Å². The van der Waals surface area contributed by atoms with E-state index >= 15 is 0 Å². The van der Waals surface area contributed by atoms with Gasteiger partial charge in [0.25, 0.3) is 0 Å². The van der Waals surface area contributed by atoms with Gasteiger partial charge < -0.3 is 10.4 Å². The fourth-order valence-corrected chi connectivity index (χ4v) is 1.98. The summed E-state index contributed by atoms with van der Waals surface area (Å²) in [6, 6.07) is 5.83. The smallest absolute Gasteiger partial charge is 0.313 e. The van der Waals surface area contributed by atoms with Crippen LogP contribution in [0.25, 0.3) is 0 Å². The zero-order valence-electron chi connectivity index (χ0n) is 10.7. The number of hydrogen-bond donors (Lipinski definition) is 2. The molecular weight excluding hydrogens is 250 g/mol. The number of thioether (sulfide) groups is 1. The number of carbonyl (C=O) groups is 2. The predicted octanol–water partition coefficient (Wildman–Crippen LogP) is 2.45. The maximum atomic E-state index is 11.9. The average molecular weight is 267 g/mol. The monoisotopic (exact) mass is 267 g/mol. The van der Waals surface area contributed by atoms with Crippen LogP contribution in [-0.4, -0.2) is 28.0 Å². The van der Waals surface area contributed by atoms with E-state index in [1.54, 1.807) is 6.92 Å². The minimum absolute atomic E-state index is 0.0681. The highest BCUT2D eigenvalue weighted by Gasteiger charge is 2.15. The topological polar surface area (TPSA) is 66.4 Å². The number of carbonyl (C=O) groups excluding carboxylic acids is 1. The molecule has 5 heteroatoms. The maximum Gasteiger partial charge on any atom is 0.313 e. The molecule has 0 heterocycles. The van der Waals surface area contributed by atoms with E-state index in [4.69, 9.17) is 5.11 Å². The Kier molecular flexibility index (Phi) is 5.22. The van der Waals surface area contributed by atoms with Crippen molar-refractivity contribution in [1.29, 1.82) is 0 Å². The second kappa shape index (κ2) is 6.44. The number of amides is 1. The summed E-state index contributed by atoms with van der Waals surface area (Å²) >= 11 is 1.11. The number of aryl methyl sites for hydroxylation is 2. The van der Waals surface area contributed by atoms with Crippen molar-refractivity contribution >= 4 is 29.3 Å². The van der Waals surface area contributed by atoms with E-state index in [0.29, 0.717) is 0 Å². The molecule has 1 rings (SSSR count). The lowest BCUT2D eigenvalue weighted by atomic mass is 10.1. The molecule has 1 amide bonds. The van der Waals surface area contributed by atoms with Crippen molar-refractivity contribution in [3.63, 3.8) is 0 Å². The van der Waals surface area contributed by atoms with Crippen molar-refractivity contribution in [3.8, 4) is 0 Å². The number of hydrogen-bond acceptors (Lipinski definition) is 3. The van der Waals surface area contributed by atoms with Gasteiger partial charge in [0.05, 0.1) is 11.0 Å². The number of rotatable bonds is 5. The molecule has 0 aliphatic heterocycles. The van der Waals surface area contributed by atoms with E-state index in [1.807, 2.05) is 32.0 Å². The van der Waals surface area contributed by atoms with Gasteiger partial charge in [-0.1, -0.05) is 12.1 Å². The van der Waals surface area contributed by atoms with Crippen LogP contribution in [0, 0.1) is 13.8 Å². The molecule has 1 atom stereocenters. The van der Waals surface area contributed by atoms with E-state index in [0.717, 1.165) is 28.6 Å². The van der Waals surface area contributed by atoms with Crippen molar-refractivity contribution in [3.05, 3.63) is 29.3 Å². The minimum atomic E-state index is -0.911. The van der Waals surface area contributed by atoms with Crippen molar-refractivity contribution in [2.45, 2.75) is 26.0 Å². The second-order valence-corrected chi connectivity index (χ2v) is 5.48. The molecule has 0 saturated heterocycles. The molecular formula is C13H17NO3S. The first-order valence-corrected chi connectivity index (χ1v) is 6.66. The summed E-state index contributed by atoms with van der Waals surface area (Å²) in [5.41, 5.74) is 2.84.